The minimum Gasteiger partial charge on any atom is -0.497 e. The fourth-order valence-electron chi connectivity index (χ4n) is 1.52. The molecule has 0 amide bonds. The number of hydrogen-bond acceptors (Lipinski definition) is 4. The van der Waals surface area contributed by atoms with Crippen LogP contribution in [0.3, 0.4) is 0 Å². The van der Waals surface area contributed by atoms with E-state index in [0.717, 1.165) is 0 Å². The SMILES string of the molecule is COc1ccc(C(=O)Oc2cccc(C#N)c2)cc1. The minimum atomic E-state index is -0.474. The maximum absolute atomic E-state index is 11.9. The van der Waals surface area contributed by atoms with Gasteiger partial charge >= 0.3 is 5.97 Å². The van der Waals surface area contributed by atoms with Crippen molar-refractivity contribution in [2.45, 2.75) is 0 Å². The highest BCUT2D eigenvalue weighted by Crippen LogP contribution is 2.16. The molecule has 0 atom stereocenters. The normalized spacial score (nSPS) is 9.47. The van der Waals surface area contributed by atoms with Gasteiger partial charge in [0, 0.05) is 0 Å². The van der Waals surface area contributed by atoms with Crippen LogP contribution in [0.5, 0.6) is 11.5 Å². The van der Waals surface area contributed by atoms with Crippen molar-refractivity contribution in [1.82, 2.24) is 0 Å². The Morgan fingerprint density at radius 2 is 1.84 bits per heavy atom. The summed E-state index contributed by atoms with van der Waals surface area (Å²) in [4.78, 5) is 11.9. The summed E-state index contributed by atoms with van der Waals surface area (Å²) in [5.74, 6) is 0.542. The molecule has 4 heteroatoms. The number of esters is 1. The number of nitrogens with zero attached hydrogens (tertiary/aromatic N) is 1. The zero-order valence-corrected chi connectivity index (χ0v) is 10.3. The fourth-order valence-corrected chi connectivity index (χ4v) is 1.52. The largest absolute Gasteiger partial charge is 0.497 e. The van der Waals surface area contributed by atoms with E-state index >= 15 is 0 Å². The van der Waals surface area contributed by atoms with Crippen molar-refractivity contribution >= 4 is 5.97 Å². The van der Waals surface area contributed by atoms with Gasteiger partial charge in [-0.25, -0.2) is 4.79 Å². The van der Waals surface area contributed by atoms with E-state index in [2.05, 4.69) is 0 Å². The first kappa shape index (κ1) is 12.7. The van der Waals surface area contributed by atoms with Gasteiger partial charge in [-0.15, -0.1) is 0 Å². The molecule has 0 heterocycles. The molecule has 0 aliphatic carbocycles. The lowest BCUT2D eigenvalue weighted by atomic mass is 10.2. The molecule has 0 unspecified atom stereocenters. The number of methoxy groups -OCH3 is 1. The summed E-state index contributed by atoms with van der Waals surface area (Å²) in [6.45, 7) is 0. The molecule has 0 aliphatic rings. The molecule has 0 aliphatic heterocycles. The molecular weight excluding hydrogens is 242 g/mol. The van der Waals surface area contributed by atoms with E-state index in [-0.39, 0.29) is 0 Å². The quantitative estimate of drug-likeness (QED) is 0.623. The molecule has 2 rings (SSSR count). The van der Waals surface area contributed by atoms with Crippen LogP contribution in [0, 0.1) is 11.3 Å². The van der Waals surface area contributed by atoms with E-state index in [1.54, 1.807) is 49.6 Å². The van der Waals surface area contributed by atoms with Gasteiger partial charge in [0.2, 0.25) is 0 Å². The second kappa shape index (κ2) is 5.69. The van der Waals surface area contributed by atoms with E-state index in [0.29, 0.717) is 22.6 Å². The number of benzene rings is 2. The van der Waals surface area contributed by atoms with Crippen molar-refractivity contribution in [3.05, 3.63) is 59.7 Å². The number of nitriles is 1. The van der Waals surface area contributed by atoms with Crippen LogP contribution < -0.4 is 9.47 Å². The van der Waals surface area contributed by atoms with Crippen molar-refractivity contribution in [1.29, 1.82) is 5.26 Å². The van der Waals surface area contributed by atoms with E-state index in [1.807, 2.05) is 6.07 Å². The van der Waals surface area contributed by atoms with Crippen LogP contribution in [0.4, 0.5) is 0 Å². The molecule has 2 aromatic rings. The summed E-state index contributed by atoms with van der Waals surface area (Å²) in [6, 6.07) is 15.0. The third-order valence-electron chi connectivity index (χ3n) is 2.50. The molecule has 0 saturated heterocycles. The number of hydrogen-bond donors (Lipinski definition) is 0. The van der Waals surface area contributed by atoms with Crippen molar-refractivity contribution in [3.63, 3.8) is 0 Å². The Labute approximate surface area is 110 Å². The Kier molecular flexibility index (Phi) is 3.79. The maximum atomic E-state index is 11.9. The zero-order valence-electron chi connectivity index (χ0n) is 10.3. The average molecular weight is 253 g/mol. The standard InChI is InChI=1S/C15H11NO3/c1-18-13-7-5-12(6-8-13)15(17)19-14-4-2-3-11(9-14)10-16/h2-9H,1H3. The van der Waals surface area contributed by atoms with E-state index in [1.165, 1.54) is 6.07 Å². The Morgan fingerprint density at radius 3 is 2.47 bits per heavy atom. The number of carbonyl (C=O) groups is 1. The van der Waals surface area contributed by atoms with Crippen molar-refractivity contribution < 1.29 is 14.3 Å². The topological polar surface area (TPSA) is 59.3 Å². The van der Waals surface area contributed by atoms with Crippen LogP contribution in [0.1, 0.15) is 15.9 Å². The smallest absolute Gasteiger partial charge is 0.343 e. The third-order valence-corrected chi connectivity index (χ3v) is 2.50. The predicted molar refractivity (Wildman–Crippen MR) is 69.1 cm³/mol. The molecule has 0 aromatic heterocycles. The summed E-state index contributed by atoms with van der Waals surface area (Å²) in [5.41, 5.74) is 0.864. The number of carbonyl (C=O) groups excluding carboxylic acids is 1. The highest BCUT2D eigenvalue weighted by atomic mass is 16.5. The van der Waals surface area contributed by atoms with Gasteiger partial charge in [0.15, 0.2) is 0 Å². The highest BCUT2D eigenvalue weighted by molar-refractivity contribution is 5.91. The molecule has 0 N–H and O–H groups in total. The monoisotopic (exact) mass is 253 g/mol. The Morgan fingerprint density at radius 1 is 1.11 bits per heavy atom. The van der Waals surface area contributed by atoms with E-state index in [9.17, 15) is 4.79 Å². The second-order valence-corrected chi connectivity index (χ2v) is 3.76. The fraction of sp³-hybridized carbons (Fsp3) is 0.0667. The van der Waals surface area contributed by atoms with Crippen molar-refractivity contribution in [2.75, 3.05) is 7.11 Å². The van der Waals surface area contributed by atoms with Gasteiger partial charge in [0.05, 0.1) is 24.3 Å². The molecule has 0 saturated carbocycles. The Balaban J connectivity index is 2.13. The van der Waals surface area contributed by atoms with Crippen molar-refractivity contribution in [3.8, 4) is 17.6 Å². The van der Waals surface area contributed by atoms with Crippen LogP contribution in [0.15, 0.2) is 48.5 Å². The van der Waals surface area contributed by atoms with E-state index < -0.39 is 5.97 Å². The molecule has 0 fully saturated rings. The van der Waals surface area contributed by atoms with Gasteiger partial charge in [0.1, 0.15) is 11.5 Å². The highest BCUT2D eigenvalue weighted by Gasteiger charge is 2.08. The summed E-state index contributed by atoms with van der Waals surface area (Å²) in [5, 5.41) is 8.77. The summed E-state index contributed by atoms with van der Waals surface area (Å²) >= 11 is 0. The lowest BCUT2D eigenvalue weighted by molar-refractivity contribution is 0.0734. The van der Waals surface area contributed by atoms with Gasteiger partial charge in [-0.1, -0.05) is 6.07 Å². The average Bonchev–Trinajstić information content (AvgIpc) is 2.47. The molecular formula is C15H11NO3. The first-order chi connectivity index (χ1) is 9.22. The van der Waals surface area contributed by atoms with Crippen LogP contribution in [0.25, 0.3) is 0 Å². The lowest BCUT2D eigenvalue weighted by Crippen LogP contribution is -2.08. The minimum absolute atomic E-state index is 0.347. The number of rotatable bonds is 3. The number of ether oxygens (including phenoxy) is 2. The summed E-state index contributed by atoms with van der Waals surface area (Å²) in [6.07, 6.45) is 0. The van der Waals surface area contributed by atoms with Gasteiger partial charge in [-0.05, 0) is 42.5 Å². The van der Waals surface area contributed by atoms with E-state index in [4.69, 9.17) is 14.7 Å². The van der Waals surface area contributed by atoms with Gasteiger partial charge in [0.25, 0.3) is 0 Å². The molecule has 94 valence electrons. The first-order valence-corrected chi connectivity index (χ1v) is 5.59. The predicted octanol–water partition coefficient (Wildman–Crippen LogP) is 2.79. The third kappa shape index (κ3) is 3.11. The zero-order chi connectivity index (χ0) is 13.7. The van der Waals surface area contributed by atoms with Crippen LogP contribution >= 0.6 is 0 Å². The second-order valence-electron chi connectivity index (χ2n) is 3.76. The summed E-state index contributed by atoms with van der Waals surface area (Å²) < 4.78 is 10.2. The molecule has 19 heavy (non-hydrogen) atoms. The lowest BCUT2D eigenvalue weighted by Gasteiger charge is -2.05. The molecule has 0 spiro atoms. The van der Waals surface area contributed by atoms with Crippen LogP contribution in [0.2, 0.25) is 0 Å². The van der Waals surface area contributed by atoms with Gasteiger partial charge in [-0.3, -0.25) is 0 Å². The summed E-state index contributed by atoms with van der Waals surface area (Å²) in [7, 11) is 1.56. The Bertz CT molecular complexity index is 627. The molecule has 4 nitrogen and oxygen atoms in total. The molecule has 0 bridgehead atoms. The van der Waals surface area contributed by atoms with Crippen LogP contribution in [-0.4, -0.2) is 13.1 Å². The van der Waals surface area contributed by atoms with Crippen LogP contribution in [-0.2, 0) is 0 Å². The molecule has 2 aromatic carbocycles. The van der Waals surface area contributed by atoms with Gasteiger partial charge < -0.3 is 9.47 Å². The van der Waals surface area contributed by atoms with Crippen molar-refractivity contribution in [2.24, 2.45) is 0 Å². The molecule has 0 radical (unpaired) electrons. The maximum Gasteiger partial charge on any atom is 0.343 e. The van der Waals surface area contributed by atoms with Gasteiger partial charge in [-0.2, -0.15) is 5.26 Å². The Hall–Kier alpha value is -2.80. The first-order valence-electron chi connectivity index (χ1n) is 5.59.